The molecular formula is C24H41IN4OS. The van der Waals surface area contributed by atoms with Gasteiger partial charge in [0.1, 0.15) is 0 Å². The first-order chi connectivity index (χ1) is 14.7. The molecule has 3 rings (SSSR count). The molecule has 0 amide bonds. The molecule has 0 bridgehead atoms. The van der Waals surface area contributed by atoms with Crippen LogP contribution in [-0.2, 0) is 23.9 Å². The van der Waals surface area contributed by atoms with Crippen LogP contribution in [0.15, 0.2) is 29.3 Å². The summed E-state index contributed by atoms with van der Waals surface area (Å²) in [5.74, 6) is 1.65. The van der Waals surface area contributed by atoms with E-state index in [1.54, 1.807) is 0 Å². The van der Waals surface area contributed by atoms with Crippen molar-refractivity contribution in [2.24, 2.45) is 4.99 Å². The SMILES string of the molecule is CCNC(=NCc1ccccc1CN1CCCCC1)NC1CCCC(S(=O)CC)C1.I. The minimum absolute atomic E-state index is 0. The van der Waals surface area contributed by atoms with Crippen LogP contribution in [0.5, 0.6) is 0 Å². The second-order valence-electron chi connectivity index (χ2n) is 8.60. The molecule has 1 aliphatic heterocycles. The van der Waals surface area contributed by atoms with Crippen LogP contribution in [0.25, 0.3) is 0 Å². The van der Waals surface area contributed by atoms with Crippen molar-refractivity contribution in [1.82, 2.24) is 15.5 Å². The Labute approximate surface area is 208 Å². The third-order valence-corrected chi connectivity index (χ3v) is 8.08. The summed E-state index contributed by atoms with van der Waals surface area (Å²) in [6.07, 6.45) is 8.36. The number of rotatable bonds is 8. The largest absolute Gasteiger partial charge is 0.357 e. The van der Waals surface area contributed by atoms with Gasteiger partial charge in [0.25, 0.3) is 0 Å². The second-order valence-corrected chi connectivity index (χ2v) is 10.6. The molecule has 1 saturated heterocycles. The first-order valence-electron chi connectivity index (χ1n) is 11.9. The zero-order valence-corrected chi connectivity index (χ0v) is 22.4. The molecule has 7 heteroatoms. The summed E-state index contributed by atoms with van der Waals surface area (Å²) < 4.78 is 12.3. The summed E-state index contributed by atoms with van der Waals surface area (Å²) in [5, 5.41) is 7.37. The average Bonchev–Trinajstić information content (AvgIpc) is 2.79. The molecule has 1 heterocycles. The van der Waals surface area contributed by atoms with Crippen molar-refractivity contribution >= 4 is 40.7 Å². The number of halogens is 1. The third-order valence-electron chi connectivity index (χ3n) is 6.34. The van der Waals surface area contributed by atoms with Crippen LogP contribution >= 0.6 is 24.0 Å². The van der Waals surface area contributed by atoms with E-state index in [4.69, 9.17) is 4.99 Å². The van der Waals surface area contributed by atoms with Gasteiger partial charge in [0, 0.05) is 40.9 Å². The van der Waals surface area contributed by atoms with E-state index in [9.17, 15) is 4.21 Å². The predicted molar refractivity (Wildman–Crippen MR) is 144 cm³/mol. The summed E-state index contributed by atoms with van der Waals surface area (Å²) >= 11 is 0. The number of likely N-dealkylation sites (tertiary alicyclic amines) is 1. The Morgan fingerprint density at radius 3 is 2.55 bits per heavy atom. The molecule has 5 nitrogen and oxygen atoms in total. The summed E-state index contributed by atoms with van der Waals surface area (Å²) in [6.45, 7) is 9.13. The second kappa shape index (κ2) is 14.5. The Morgan fingerprint density at radius 1 is 1.10 bits per heavy atom. The number of benzene rings is 1. The van der Waals surface area contributed by atoms with E-state index in [0.29, 0.717) is 17.8 Å². The van der Waals surface area contributed by atoms with Crippen LogP contribution in [0, 0.1) is 0 Å². The molecule has 1 aromatic rings. The fraction of sp³-hybridized carbons (Fsp3) is 0.708. The number of piperidine rings is 1. The van der Waals surface area contributed by atoms with Crippen molar-refractivity contribution in [2.75, 3.05) is 25.4 Å². The molecule has 1 aromatic carbocycles. The molecule has 0 spiro atoms. The summed E-state index contributed by atoms with van der Waals surface area (Å²) in [7, 11) is -0.698. The van der Waals surface area contributed by atoms with Crippen molar-refractivity contribution in [1.29, 1.82) is 0 Å². The Balaban J connectivity index is 0.00000341. The standard InChI is InChI=1S/C24H40N4OS.HI/c1-3-25-24(27-22-13-10-14-23(17-22)30(29)4-2)26-18-20-11-6-7-12-21(20)19-28-15-8-5-9-16-28;/h6-7,11-12,22-23H,3-5,8-10,13-19H2,1-2H3,(H2,25,26,27);1H. The van der Waals surface area contributed by atoms with Gasteiger partial charge >= 0.3 is 0 Å². The quantitative estimate of drug-likeness (QED) is 0.281. The van der Waals surface area contributed by atoms with Gasteiger partial charge in [-0.3, -0.25) is 9.11 Å². The molecule has 2 fully saturated rings. The maximum atomic E-state index is 12.3. The number of aliphatic imine (C=N–C) groups is 1. The molecule has 0 radical (unpaired) electrons. The number of hydrogen-bond acceptors (Lipinski definition) is 3. The van der Waals surface area contributed by atoms with Gasteiger partial charge in [0.05, 0.1) is 6.54 Å². The van der Waals surface area contributed by atoms with Crippen LogP contribution in [0.2, 0.25) is 0 Å². The molecule has 1 saturated carbocycles. The first-order valence-corrected chi connectivity index (χ1v) is 13.3. The first kappa shape index (κ1) is 26.6. The zero-order chi connectivity index (χ0) is 21.2. The molecule has 0 aromatic heterocycles. The maximum absolute atomic E-state index is 12.3. The summed E-state index contributed by atoms with van der Waals surface area (Å²) in [5.41, 5.74) is 2.71. The van der Waals surface area contributed by atoms with E-state index < -0.39 is 10.8 Å². The molecule has 3 unspecified atom stereocenters. The zero-order valence-electron chi connectivity index (χ0n) is 19.3. The lowest BCUT2D eigenvalue weighted by Crippen LogP contribution is -2.46. The lowest BCUT2D eigenvalue weighted by Gasteiger charge is -2.30. The van der Waals surface area contributed by atoms with E-state index in [1.165, 1.54) is 43.5 Å². The van der Waals surface area contributed by atoms with E-state index >= 15 is 0 Å². The lowest BCUT2D eigenvalue weighted by molar-refractivity contribution is 0.220. The normalized spacial score (nSPS) is 23.6. The van der Waals surface area contributed by atoms with Crippen LogP contribution in [0.1, 0.15) is 69.9 Å². The van der Waals surface area contributed by atoms with Crippen molar-refractivity contribution in [2.45, 2.75) is 83.2 Å². The van der Waals surface area contributed by atoms with Gasteiger partial charge in [0.15, 0.2) is 5.96 Å². The highest BCUT2D eigenvalue weighted by Gasteiger charge is 2.26. The van der Waals surface area contributed by atoms with Gasteiger partial charge in [0.2, 0.25) is 0 Å². The van der Waals surface area contributed by atoms with Gasteiger partial charge in [-0.25, -0.2) is 4.99 Å². The monoisotopic (exact) mass is 560 g/mol. The topological polar surface area (TPSA) is 56.7 Å². The average molecular weight is 561 g/mol. The smallest absolute Gasteiger partial charge is 0.191 e. The highest BCUT2D eigenvalue weighted by Crippen LogP contribution is 2.23. The molecule has 31 heavy (non-hydrogen) atoms. The van der Waals surface area contributed by atoms with Gasteiger partial charge < -0.3 is 10.6 Å². The third kappa shape index (κ3) is 8.65. The van der Waals surface area contributed by atoms with E-state index in [0.717, 1.165) is 50.5 Å². The van der Waals surface area contributed by atoms with Crippen LogP contribution < -0.4 is 10.6 Å². The minimum Gasteiger partial charge on any atom is -0.357 e. The molecule has 176 valence electrons. The van der Waals surface area contributed by atoms with E-state index in [-0.39, 0.29) is 24.0 Å². The highest BCUT2D eigenvalue weighted by atomic mass is 127. The molecule has 2 aliphatic rings. The van der Waals surface area contributed by atoms with Gasteiger partial charge in [-0.2, -0.15) is 0 Å². The minimum atomic E-state index is -0.698. The number of nitrogens with one attached hydrogen (secondary N) is 2. The lowest BCUT2D eigenvalue weighted by atomic mass is 9.95. The van der Waals surface area contributed by atoms with E-state index in [2.05, 4.69) is 46.7 Å². The Hall–Kier alpha value is -0.670. The molecule has 1 aliphatic carbocycles. The fourth-order valence-corrected chi connectivity index (χ4v) is 6.00. The maximum Gasteiger partial charge on any atom is 0.191 e. The number of hydrogen-bond donors (Lipinski definition) is 2. The predicted octanol–water partition coefficient (Wildman–Crippen LogP) is 4.43. The molecular weight excluding hydrogens is 519 g/mol. The molecule has 2 N–H and O–H groups in total. The van der Waals surface area contributed by atoms with Crippen LogP contribution in [-0.4, -0.2) is 51.7 Å². The highest BCUT2D eigenvalue weighted by molar-refractivity contribution is 14.0. The Morgan fingerprint density at radius 2 is 1.84 bits per heavy atom. The van der Waals surface area contributed by atoms with Gasteiger partial charge in [-0.05, 0) is 63.2 Å². The van der Waals surface area contributed by atoms with E-state index in [1.807, 2.05) is 6.92 Å². The number of nitrogens with zero attached hydrogens (tertiary/aromatic N) is 2. The van der Waals surface area contributed by atoms with Gasteiger partial charge in [-0.1, -0.05) is 44.0 Å². The van der Waals surface area contributed by atoms with Crippen molar-refractivity contribution in [3.8, 4) is 0 Å². The van der Waals surface area contributed by atoms with Crippen molar-refractivity contribution < 1.29 is 4.21 Å². The summed E-state index contributed by atoms with van der Waals surface area (Å²) in [4.78, 5) is 7.50. The van der Waals surface area contributed by atoms with Crippen LogP contribution in [0.3, 0.4) is 0 Å². The van der Waals surface area contributed by atoms with Crippen molar-refractivity contribution in [3.63, 3.8) is 0 Å². The van der Waals surface area contributed by atoms with Crippen molar-refractivity contribution in [3.05, 3.63) is 35.4 Å². The van der Waals surface area contributed by atoms with Crippen LogP contribution in [0.4, 0.5) is 0 Å². The number of guanidine groups is 1. The summed E-state index contributed by atoms with van der Waals surface area (Å²) in [6, 6.07) is 9.10. The molecule has 3 atom stereocenters. The van der Waals surface area contributed by atoms with Gasteiger partial charge in [-0.15, -0.1) is 24.0 Å². The Bertz CT molecular complexity index is 709. The fourth-order valence-electron chi connectivity index (χ4n) is 4.65. The Kier molecular flexibility index (Phi) is 12.4.